The maximum atomic E-state index is 10.4. The van der Waals surface area contributed by atoms with Gasteiger partial charge in [-0.15, -0.1) is 11.3 Å². The lowest BCUT2D eigenvalue weighted by Gasteiger charge is -2.27. The fraction of sp³-hybridized carbons (Fsp3) is 0.158. The Balaban J connectivity index is 1.85. The highest BCUT2D eigenvalue weighted by molar-refractivity contribution is 7.80. The van der Waals surface area contributed by atoms with E-state index in [2.05, 4.69) is 29.4 Å². The number of rotatable bonds is 3. The molecule has 1 aliphatic heterocycles. The first-order valence-electron chi connectivity index (χ1n) is 8.00. The number of hydrogen-bond acceptors (Lipinski definition) is 4. The van der Waals surface area contributed by atoms with Crippen molar-refractivity contribution in [2.45, 2.75) is 19.0 Å². The first-order valence-corrected chi connectivity index (χ1v) is 9.22. The third-order valence-corrected chi connectivity index (χ3v) is 5.68. The maximum Gasteiger partial charge on any atom is 0.174 e. The number of thiocarbonyl (C=S) groups is 1. The third-order valence-electron chi connectivity index (χ3n) is 4.29. The lowest BCUT2D eigenvalue weighted by Crippen LogP contribution is -2.29. The number of phenols is 1. The smallest absolute Gasteiger partial charge is 0.174 e. The summed E-state index contributed by atoms with van der Waals surface area (Å²) >= 11 is 7.36. The van der Waals surface area contributed by atoms with Crippen molar-refractivity contribution >= 4 is 34.4 Å². The van der Waals surface area contributed by atoms with Gasteiger partial charge < -0.3 is 15.3 Å². The van der Waals surface area contributed by atoms with E-state index in [0.717, 1.165) is 5.69 Å². The molecule has 0 radical (unpaired) electrons. The Bertz CT molecular complexity index is 910. The Morgan fingerprint density at radius 2 is 1.92 bits per heavy atom. The summed E-state index contributed by atoms with van der Waals surface area (Å²) in [6.45, 7) is 2.09. The normalized spacial score (nSPS) is 19.9. The zero-order valence-electron chi connectivity index (χ0n) is 13.6. The summed E-state index contributed by atoms with van der Waals surface area (Å²) in [5, 5.41) is 14.4. The van der Waals surface area contributed by atoms with Gasteiger partial charge in [0.25, 0.3) is 0 Å². The number of pyridine rings is 1. The molecule has 0 amide bonds. The quantitative estimate of drug-likeness (QED) is 0.675. The molecule has 3 aromatic rings. The Morgan fingerprint density at radius 3 is 2.60 bits per heavy atom. The number of benzene rings is 1. The van der Waals surface area contributed by atoms with E-state index in [-0.39, 0.29) is 17.8 Å². The van der Waals surface area contributed by atoms with Gasteiger partial charge >= 0.3 is 0 Å². The minimum absolute atomic E-state index is 0.0607. The maximum absolute atomic E-state index is 10.4. The van der Waals surface area contributed by atoms with Crippen molar-refractivity contribution in [1.82, 2.24) is 10.3 Å². The van der Waals surface area contributed by atoms with Crippen LogP contribution in [0.15, 0.2) is 60.8 Å². The van der Waals surface area contributed by atoms with E-state index in [0.29, 0.717) is 10.8 Å². The Kier molecular flexibility index (Phi) is 4.15. The number of aryl methyl sites for hydroxylation is 1. The van der Waals surface area contributed by atoms with Crippen molar-refractivity contribution in [3.8, 4) is 5.75 Å². The average Bonchev–Trinajstić information content (AvgIpc) is 3.19. The largest absolute Gasteiger partial charge is 0.506 e. The molecule has 0 spiro atoms. The molecule has 1 fully saturated rings. The van der Waals surface area contributed by atoms with Crippen LogP contribution in [-0.2, 0) is 0 Å². The van der Waals surface area contributed by atoms with Gasteiger partial charge in [0.15, 0.2) is 5.11 Å². The highest BCUT2D eigenvalue weighted by Crippen LogP contribution is 2.45. The van der Waals surface area contributed by atoms with Gasteiger partial charge in [0.1, 0.15) is 5.75 Å². The van der Waals surface area contributed by atoms with Crippen molar-refractivity contribution < 1.29 is 5.11 Å². The molecule has 1 saturated heterocycles. The van der Waals surface area contributed by atoms with Crippen molar-refractivity contribution in [3.63, 3.8) is 0 Å². The molecule has 0 saturated carbocycles. The summed E-state index contributed by atoms with van der Waals surface area (Å²) in [5.74, 6) is 0.214. The molecule has 2 aromatic heterocycles. The molecule has 126 valence electrons. The van der Waals surface area contributed by atoms with E-state index < -0.39 is 0 Å². The number of anilines is 1. The molecular formula is C19H17N3OS2. The molecule has 1 aromatic carbocycles. The molecule has 1 aliphatic rings. The molecule has 2 N–H and O–H groups in total. The van der Waals surface area contributed by atoms with E-state index in [1.165, 1.54) is 9.75 Å². The zero-order valence-corrected chi connectivity index (χ0v) is 15.2. The second kappa shape index (κ2) is 6.46. The van der Waals surface area contributed by atoms with Crippen LogP contribution in [0.1, 0.15) is 27.5 Å². The molecule has 0 unspecified atom stereocenters. The number of phenolic OH excluding ortho intramolecular Hbond substituents is 1. The van der Waals surface area contributed by atoms with Gasteiger partial charge in [0, 0.05) is 16.0 Å². The molecule has 4 nitrogen and oxygen atoms in total. The number of nitrogens with one attached hydrogen (secondary N) is 1. The first kappa shape index (κ1) is 16.1. The third kappa shape index (κ3) is 2.88. The second-order valence-corrected chi connectivity index (χ2v) is 7.64. The van der Waals surface area contributed by atoms with Gasteiger partial charge in [-0.25, -0.2) is 0 Å². The Labute approximate surface area is 155 Å². The van der Waals surface area contributed by atoms with Crippen molar-refractivity contribution in [1.29, 1.82) is 0 Å². The number of para-hydroxylation sites is 2. The number of aromatic nitrogens is 1. The van der Waals surface area contributed by atoms with Crippen molar-refractivity contribution in [2.24, 2.45) is 0 Å². The Hall–Kier alpha value is -2.44. The van der Waals surface area contributed by atoms with Crippen LogP contribution >= 0.6 is 23.6 Å². The lowest BCUT2D eigenvalue weighted by molar-refractivity contribution is 0.473. The van der Waals surface area contributed by atoms with Gasteiger partial charge in [-0.1, -0.05) is 18.2 Å². The summed E-state index contributed by atoms with van der Waals surface area (Å²) in [7, 11) is 0. The van der Waals surface area contributed by atoms with Crippen molar-refractivity contribution in [2.75, 3.05) is 4.90 Å². The monoisotopic (exact) mass is 367 g/mol. The molecular weight excluding hydrogens is 350 g/mol. The van der Waals surface area contributed by atoms with E-state index in [9.17, 15) is 5.11 Å². The van der Waals surface area contributed by atoms with E-state index in [4.69, 9.17) is 12.2 Å². The minimum atomic E-state index is -0.0774. The van der Waals surface area contributed by atoms with E-state index in [1.807, 2.05) is 41.3 Å². The van der Waals surface area contributed by atoms with E-state index in [1.54, 1.807) is 23.6 Å². The van der Waals surface area contributed by atoms with Crippen LogP contribution in [0, 0.1) is 6.92 Å². The average molecular weight is 367 g/mol. The predicted octanol–water partition coefficient (Wildman–Crippen LogP) is 4.33. The summed E-state index contributed by atoms with van der Waals surface area (Å²) in [5.41, 5.74) is 1.63. The van der Waals surface area contributed by atoms with Gasteiger partial charge in [-0.3, -0.25) is 4.98 Å². The van der Waals surface area contributed by atoms with Crippen LogP contribution in [0.3, 0.4) is 0 Å². The first-order chi connectivity index (χ1) is 12.1. The van der Waals surface area contributed by atoms with E-state index >= 15 is 0 Å². The highest BCUT2D eigenvalue weighted by atomic mass is 32.1. The highest BCUT2D eigenvalue weighted by Gasteiger charge is 2.42. The number of nitrogens with zero attached hydrogens (tertiary/aromatic N) is 2. The topological polar surface area (TPSA) is 48.4 Å². The molecule has 25 heavy (non-hydrogen) atoms. The number of hydrogen-bond donors (Lipinski definition) is 2. The van der Waals surface area contributed by atoms with Crippen LogP contribution < -0.4 is 10.2 Å². The Morgan fingerprint density at radius 1 is 1.12 bits per heavy atom. The van der Waals surface area contributed by atoms with Gasteiger partial charge in [0.2, 0.25) is 0 Å². The predicted molar refractivity (Wildman–Crippen MR) is 105 cm³/mol. The van der Waals surface area contributed by atoms with Crippen LogP contribution in [0.2, 0.25) is 0 Å². The minimum Gasteiger partial charge on any atom is -0.506 e. The fourth-order valence-electron chi connectivity index (χ4n) is 3.18. The molecule has 0 aliphatic carbocycles. The van der Waals surface area contributed by atoms with Crippen LogP contribution in [0.25, 0.3) is 0 Å². The van der Waals surface area contributed by atoms with Crippen LogP contribution in [0.4, 0.5) is 5.69 Å². The summed E-state index contributed by atoms with van der Waals surface area (Å²) in [4.78, 5) is 8.94. The molecule has 3 heterocycles. The molecule has 6 heteroatoms. The number of thiophene rings is 1. The zero-order chi connectivity index (χ0) is 17.4. The van der Waals surface area contributed by atoms with Gasteiger partial charge in [-0.2, -0.15) is 0 Å². The fourth-order valence-corrected chi connectivity index (χ4v) is 4.53. The summed E-state index contributed by atoms with van der Waals surface area (Å²) in [6, 6.07) is 17.3. The number of aromatic hydroxyl groups is 1. The standard InChI is InChI=1S/C19H17N3OS2/c1-12-9-10-16(25-12)18-17(13-6-4-5-11-20-13)21-19(24)22(18)14-7-2-3-8-15(14)23/h2-11,17-18,23H,1H3,(H,21,24)/t17-,18+/m0/s1. The molecule has 0 bridgehead atoms. The van der Waals surface area contributed by atoms with Gasteiger partial charge in [0.05, 0.1) is 23.5 Å². The van der Waals surface area contributed by atoms with Crippen LogP contribution in [0.5, 0.6) is 5.75 Å². The SMILES string of the molecule is Cc1ccc([C@@H]2[C@H](c3ccccn3)NC(=S)N2c2ccccc2O)s1. The molecule has 2 atom stereocenters. The van der Waals surface area contributed by atoms with Crippen molar-refractivity contribution in [3.05, 3.63) is 76.2 Å². The molecule has 4 rings (SSSR count). The second-order valence-electron chi connectivity index (χ2n) is 5.93. The summed E-state index contributed by atoms with van der Waals surface area (Å²) < 4.78 is 0. The lowest BCUT2D eigenvalue weighted by atomic mass is 10.0. The summed E-state index contributed by atoms with van der Waals surface area (Å²) in [6.07, 6.45) is 1.79. The van der Waals surface area contributed by atoms with Gasteiger partial charge in [-0.05, 0) is 55.5 Å². The van der Waals surface area contributed by atoms with Crippen LogP contribution in [-0.4, -0.2) is 15.2 Å².